The smallest absolute Gasteiger partial charge is 0.234 e. The quantitative estimate of drug-likeness (QED) is 0.306. The fourth-order valence-corrected chi connectivity index (χ4v) is 4.01. The topological polar surface area (TPSA) is 75.8 Å². The zero-order valence-electron chi connectivity index (χ0n) is 18.3. The Bertz CT molecular complexity index is 1220. The summed E-state index contributed by atoms with van der Waals surface area (Å²) in [7, 11) is 1.94. The molecule has 9 heteroatoms. The molecule has 0 saturated carbocycles. The minimum atomic E-state index is 0.191. The summed E-state index contributed by atoms with van der Waals surface area (Å²) in [5.74, 6) is 1.33. The van der Waals surface area contributed by atoms with Gasteiger partial charge in [0.05, 0.1) is 22.8 Å². The Morgan fingerprint density at radius 3 is 2.64 bits per heavy atom. The molecule has 7 nitrogen and oxygen atoms in total. The van der Waals surface area contributed by atoms with Crippen molar-refractivity contribution < 1.29 is 9.84 Å². The average molecular weight is 486 g/mol. The number of anilines is 2. The third kappa shape index (κ3) is 5.21. The van der Waals surface area contributed by atoms with Crippen LogP contribution >= 0.6 is 23.2 Å². The second-order valence-corrected chi connectivity index (χ2v) is 8.41. The number of aliphatic hydroxyl groups is 1. The third-order valence-corrected chi connectivity index (χ3v) is 6.23. The van der Waals surface area contributed by atoms with E-state index in [2.05, 4.69) is 15.1 Å². The van der Waals surface area contributed by atoms with Crippen molar-refractivity contribution in [3.63, 3.8) is 0 Å². The summed E-state index contributed by atoms with van der Waals surface area (Å²) in [6, 6.07) is 13.5. The van der Waals surface area contributed by atoms with Gasteiger partial charge >= 0.3 is 0 Å². The van der Waals surface area contributed by atoms with Gasteiger partial charge in [0.15, 0.2) is 5.65 Å². The molecule has 0 fully saturated rings. The van der Waals surface area contributed by atoms with Gasteiger partial charge in [-0.2, -0.15) is 9.61 Å². The first kappa shape index (κ1) is 23.3. The Morgan fingerprint density at radius 1 is 1.03 bits per heavy atom. The fraction of sp³-hybridized carbons (Fsp3) is 0.292. The predicted octanol–water partition coefficient (Wildman–Crippen LogP) is 5.33. The SMILES string of the molecule is CN(c1ccccc1)c1ncnc2c(Cc3c(OCCCCCO)ccc(Cl)c3Cl)cnn12. The van der Waals surface area contributed by atoms with E-state index in [-0.39, 0.29) is 6.61 Å². The first-order valence-electron chi connectivity index (χ1n) is 10.8. The standard InChI is InChI=1S/C24H25Cl2N5O2/c1-30(18-8-4-2-5-9-18)24-28-16-27-23-17(15-29-31(23)24)14-19-21(11-10-20(25)22(19)26)33-13-7-3-6-12-32/h2,4-5,8-11,15-16,32H,3,6-7,12-14H2,1H3. The van der Waals surface area contributed by atoms with E-state index in [1.165, 1.54) is 6.33 Å². The van der Waals surface area contributed by atoms with Crippen molar-refractivity contribution in [3.05, 3.63) is 76.2 Å². The van der Waals surface area contributed by atoms with Gasteiger partial charge in [0, 0.05) is 36.9 Å². The normalized spacial score (nSPS) is 11.2. The molecule has 0 atom stereocenters. The van der Waals surface area contributed by atoms with Crippen LogP contribution in [0, 0.1) is 0 Å². The third-order valence-electron chi connectivity index (χ3n) is 5.38. The molecule has 0 saturated heterocycles. The van der Waals surface area contributed by atoms with Crippen LogP contribution in [-0.2, 0) is 6.42 Å². The van der Waals surface area contributed by atoms with Crippen molar-refractivity contribution in [1.29, 1.82) is 0 Å². The lowest BCUT2D eigenvalue weighted by atomic mass is 10.1. The maximum atomic E-state index is 8.95. The monoisotopic (exact) mass is 485 g/mol. The number of hydrogen-bond acceptors (Lipinski definition) is 6. The summed E-state index contributed by atoms with van der Waals surface area (Å²) in [4.78, 5) is 10.9. The number of nitrogens with zero attached hydrogens (tertiary/aromatic N) is 5. The van der Waals surface area contributed by atoms with Gasteiger partial charge in [-0.3, -0.25) is 0 Å². The van der Waals surface area contributed by atoms with E-state index in [4.69, 9.17) is 33.0 Å². The zero-order valence-corrected chi connectivity index (χ0v) is 19.8. The van der Waals surface area contributed by atoms with Crippen LogP contribution in [0.1, 0.15) is 30.4 Å². The van der Waals surface area contributed by atoms with Crippen molar-refractivity contribution in [3.8, 4) is 5.75 Å². The molecule has 0 amide bonds. The van der Waals surface area contributed by atoms with Crippen molar-refractivity contribution in [2.75, 3.05) is 25.2 Å². The molecule has 0 unspecified atom stereocenters. The van der Waals surface area contributed by atoms with Crippen molar-refractivity contribution >= 4 is 40.5 Å². The lowest BCUT2D eigenvalue weighted by molar-refractivity contribution is 0.265. The first-order chi connectivity index (χ1) is 16.1. The van der Waals surface area contributed by atoms with E-state index in [1.807, 2.05) is 48.3 Å². The largest absolute Gasteiger partial charge is 0.493 e. The molecule has 0 aliphatic carbocycles. The van der Waals surface area contributed by atoms with E-state index in [0.717, 1.165) is 36.1 Å². The van der Waals surface area contributed by atoms with E-state index in [0.29, 0.717) is 40.4 Å². The second-order valence-electron chi connectivity index (χ2n) is 7.62. The number of ether oxygens (including phenoxy) is 1. The zero-order chi connectivity index (χ0) is 23.2. The molecule has 0 aliphatic rings. The lowest BCUT2D eigenvalue weighted by Crippen LogP contribution is -2.16. The Balaban J connectivity index is 1.63. The van der Waals surface area contributed by atoms with Gasteiger partial charge in [0.2, 0.25) is 5.95 Å². The number of para-hydroxylation sites is 1. The van der Waals surface area contributed by atoms with Gasteiger partial charge in [-0.15, -0.1) is 0 Å². The van der Waals surface area contributed by atoms with Gasteiger partial charge in [0.25, 0.3) is 0 Å². The molecule has 2 aromatic carbocycles. The summed E-state index contributed by atoms with van der Waals surface area (Å²) in [6.07, 6.45) is 6.27. The van der Waals surface area contributed by atoms with E-state index >= 15 is 0 Å². The average Bonchev–Trinajstić information content (AvgIpc) is 3.26. The predicted molar refractivity (Wildman–Crippen MR) is 131 cm³/mol. The van der Waals surface area contributed by atoms with Crippen LogP contribution < -0.4 is 9.64 Å². The van der Waals surface area contributed by atoms with Crippen LogP contribution in [-0.4, -0.2) is 45.0 Å². The van der Waals surface area contributed by atoms with E-state index < -0.39 is 0 Å². The maximum Gasteiger partial charge on any atom is 0.234 e. The van der Waals surface area contributed by atoms with Crippen LogP contribution in [0.4, 0.5) is 11.6 Å². The summed E-state index contributed by atoms with van der Waals surface area (Å²) in [6.45, 7) is 0.726. The highest BCUT2D eigenvalue weighted by Gasteiger charge is 2.18. The molecule has 172 valence electrons. The second kappa shape index (κ2) is 10.8. The summed E-state index contributed by atoms with van der Waals surface area (Å²) in [5.41, 5.74) is 3.35. The number of aromatic nitrogens is 4. The Hall–Kier alpha value is -2.87. The minimum Gasteiger partial charge on any atom is -0.493 e. The first-order valence-corrected chi connectivity index (χ1v) is 11.5. The molecule has 0 bridgehead atoms. The maximum absolute atomic E-state index is 8.95. The number of benzene rings is 2. The summed E-state index contributed by atoms with van der Waals surface area (Å²) >= 11 is 12.9. The van der Waals surface area contributed by atoms with Crippen LogP contribution in [0.15, 0.2) is 55.0 Å². The summed E-state index contributed by atoms with van der Waals surface area (Å²) < 4.78 is 7.73. The molecule has 1 N–H and O–H groups in total. The molecule has 33 heavy (non-hydrogen) atoms. The minimum absolute atomic E-state index is 0.191. The van der Waals surface area contributed by atoms with Gasteiger partial charge in [-0.05, 0) is 43.5 Å². The van der Waals surface area contributed by atoms with Crippen LogP contribution in [0.2, 0.25) is 10.0 Å². The highest BCUT2D eigenvalue weighted by Crippen LogP contribution is 2.35. The molecule has 2 heterocycles. The molecular weight excluding hydrogens is 461 g/mol. The molecule has 0 radical (unpaired) electrons. The number of halogens is 2. The van der Waals surface area contributed by atoms with Gasteiger partial charge in [-0.25, -0.2) is 9.97 Å². The number of rotatable bonds is 10. The Morgan fingerprint density at radius 2 is 1.85 bits per heavy atom. The molecule has 4 rings (SSSR count). The van der Waals surface area contributed by atoms with Crippen LogP contribution in [0.3, 0.4) is 0 Å². The van der Waals surface area contributed by atoms with Crippen LogP contribution in [0.25, 0.3) is 5.65 Å². The fourth-order valence-electron chi connectivity index (χ4n) is 3.61. The Labute approximate surface area is 202 Å². The van der Waals surface area contributed by atoms with Crippen molar-refractivity contribution in [2.24, 2.45) is 0 Å². The van der Waals surface area contributed by atoms with E-state index in [1.54, 1.807) is 16.8 Å². The number of hydrogen-bond donors (Lipinski definition) is 1. The highest BCUT2D eigenvalue weighted by atomic mass is 35.5. The Kier molecular flexibility index (Phi) is 7.65. The van der Waals surface area contributed by atoms with Gasteiger partial charge in [-0.1, -0.05) is 41.4 Å². The van der Waals surface area contributed by atoms with Crippen LogP contribution in [0.5, 0.6) is 5.75 Å². The number of aliphatic hydroxyl groups excluding tert-OH is 1. The van der Waals surface area contributed by atoms with Gasteiger partial charge < -0.3 is 14.7 Å². The van der Waals surface area contributed by atoms with Gasteiger partial charge in [0.1, 0.15) is 12.1 Å². The number of fused-ring (bicyclic) bond motifs is 1. The van der Waals surface area contributed by atoms with Crippen molar-refractivity contribution in [1.82, 2.24) is 19.6 Å². The van der Waals surface area contributed by atoms with Crippen molar-refractivity contribution in [2.45, 2.75) is 25.7 Å². The highest BCUT2D eigenvalue weighted by molar-refractivity contribution is 6.42. The molecule has 2 aromatic heterocycles. The molecule has 0 spiro atoms. The summed E-state index contributed by atoms with van der Waals surface area (Å²) in [5, 5.41) is 14.4. The molecule has 4 aromatic rings. The number of unbranched alkanes of at least 4 members (excludes halogenated alkanes) is 2. The van der Waals surface area contributed by atoms with E-state index in [9.17, 15) is 0 Å². The molecule has 0 aliphatic heterocycles. The lowest BCUT2D eigenvalue weighted by Gasteiger charge is -2.18. The molecular formula is C24H25Cl2N5O2.